The number of benzene rings is 1. The molecule has 2 amide bonds. The molecular weight excluding hydrogens is 264 g/mol. The predicted octanol–water partition coefficient (Wildman–Crippen LogP) is 2.12. The molecule has 1 fully saturated rings. The van der Waals surface area contributed by atoms with Gasteiger partial charge in [-0.3, -0.25) is 9.59 Å². The van der Waals surface area contributed by atoms with E-state index in [0.29, 0.717) is 17.5 Å². The highest BCUT2D eigenvalue weighted by atomic mass is 35.5. The molecule has 1 saturated heterocycles. The van der Waals surface area contributed by atoms with Crippen LogP contribution < -0.4 is 5.73 Å². The van der Waals surface area contributed by atoms with E-state index >= 15 is 0 Å². The molecular formula is C14H17ClN2O2. The number of hydrogen-bond donors (Lipinski definition) is 1. The van der Waals surface area contributed by atoms with E-state index in [1.165, 1.54) is 0 Å². The number of piperidine rings is 1. The summed E-state index contributed by atoms with van der Waals surface area (Å²) in [6, 6.07) is 7.28. The lowest BCUT2D eigenvalue weighted by atomic mass is 9.90. The zero-order valence-corrected chi connectivity index (χ0v) is 11.6. The molecule has 0 bridgehead atoms. The van der Waals surface area contributed by atoms with Gasteiger partial charge >= 0.3 is 11.8 Å². The summed E-state index contributed by atoms with van der Waals surface area (Å²) in [5, 5.41) is 0.627. The molecule has 2 atom stereocenters. The van der Waals surface area contributed by atoms with Gasteiger partial charge in [-0.05, 0) is 36.5 Å². The van der Waals surface area contributed by atoms with Gasteiger partial charge in [-0.25, -0.2) is 0 Å². The molecule has 2 rings (SSSR count). The molecule has 0 saturated carbocycles. The number of nitrogens with zero attached hydrogens (tertiary/aromatic N) is 1. The van der Waals surface area contributed by atoms with Crippen LogP contribution in [-0.2, 0) is 9.59 Å². The molecule has 0 aromatic heterocycles. The van der Waals surface area contributed by atoms with Gasteiger partial charge in [0.1, 0.15) is 0 Å². The number of rotatable bonds is 1. The Kier molecular flexibility index (Phi) is 4.10. The Morgan fingerprint density at radius 2 is 2.11 bits per heavy atom. The fourth-order valence-corrected chi connectivity index (χ4v) is 2.78. The third-order valence-corrected chi connectivity index (χ3v) is 3.76. The number of halogens is 1. The van der Waals surface area contributed by atoms with Crippen molar-refractivity contribution >= 4 is 23.4 Å². The minimum atomic E-state index is -0.902. The predicted molar refractivity (Wildman–Crippen MR) is 73.5 cm³/mol. The van der Waals surface area contributed by atoms with E-state index in [-0.39, 0.29) is 6.04 Å². The zero-order valence-electron chi connectivity index (χ0n) is 10.8. The van der Waals surface area contributed by atoms with Crippen molar-refractivity contribution in [2.75, 3.05) is 6.54 Å². The molecule has 0 spiro atoms. The van der Waals surface area contributed by atoms with Gasteiger partial charge in [0.25, 0.3) is 0 Å². The average molecular weight is 281 g/mol. The van der Waals surface area contributed by atoms with E-state index in [1.807, 2.05) is 18.2 Å². The Morgan fingerprint density at radius 3 is 2.74 bits per heavy atom. The van der Waals surface area contributed by atoms with Crippen LogP contribution in [0.1, 0.15) is 31.4 Å². The number of carbonyl (C=O) groups is 2. The van der Waals surface area contributed by atoms with Gasteiger partial charge in [0.15, 0.2) is 0 Å². The maximum Gasteiger partial charge on any atom is 0.312 e. The first-order valence-corrected chi connectivity index (χ1v) is 6.72. The van der Waals surface area contributed by atoms with E-state index in [4.69, 9.17) is 17.3 Å². The first-order chi connectivity index (χ1) is 8.99. The Bertz CT molecular complexity index is 504. The van der Waals surface area contributed by atoms with E-state index in [1.54, 1.807) is 11.0 Å². The van der Waals surface area contributed by atoms with Crippen LogP contribution in [0.25, 0.3) is 0 Å². The smallest absolute Gasteiger partial charge is 0.312 e. The highest BCUT2D eigenvalue weighted by molar-refractivity contribution is 6.34. The summed E-state index contributed by atoms with van der Waals surface area (Å²) < 4.78 is 0. The molecule has 5 heteroatoms. The summed E-state index contributed by atoms with van der Waals surface area (Å²) in [4.78, 5) is 24.7. The first kappa shape index (κ1) is 13.9. The van der Waals surface area contributed by atoms with Crippen LogP contribution in [-0.4, -0.2) is 23.3 Å². The molecule has 1 aromatic rings. The van der Waals surface area contributed by atoms with Crippen molar-refractivity contribution in [2.24, 2.45) is 11.7 Å². The molecule has 2 N–H and O–H groups in total. The van der Waals surface area contributed by atoms with Crippen LogP contribution in [0.2, 0.25) is 5.02 Å². The van der Waals surface area contributed by atoms with Gasteiger partial charge in [-0.2, -0.15) is 0 Å². The van der Waals surface area contributed by atoms with Crippen LogP contribution in [0, 0.1) is 5.92 Å². The van der Waals surface area contributed by atoms with Crippen LogP contribution in [0.4, 0.5) is 0 Å². The van der Waals surface area contributed by atoms with Crippen LogP contribution in [0.3, 0.4) is 0 Å². The Hall–Kier alpha value is -1.55. The summed E-state index contributed by atoms with van der Waals surface area (Å²) >= 11 is 5.99. The van der Waals surface area contributed by atoms with Gasteiger partial charge in [0.05, 0.1) is 6.04 Å². The molecule has 0 aliphatic carbocycles. The molecule has 1 aliphatic heterocycles. The van der Waals surface area contributed by atoms with E-state index in [9.17, 15) is 9.59 Å². The lowest BCUT2D eigenvalue weighted by Gasteiger charge is -2.38. The van der Waals surface area contributed by atoms with Gasteiger partial charge in [-0.1, -0.05) is 30.7 Å². The fourth-order valence-electron chi connectivity index (χ4n) is 2.58. The van der Waals surface area contributed by atoms with Crippen LogP contribution in [0.15, 0.2) is 24.3 Å². The van der Waals surface area contributed by atoms with Crippen molar-refractivity contribution in [3.8, 4) is 0 Å². The van der Waals surface area contributed by atoms with Crippen molar-refractivity contribution in [3.05, 3.63) is 34.9 Å². The SMILES string of the molecule is C[C@H]1CCC(c2cccc(Cl)c2)N(C(=O)C(N)=O)C1. The first-order valence-electron chi connectivity index (χ1n) is 6.35. The van der Waals surface area contributed by atoms with Crippen molar-refractivity contribution in [2.45, 2.75) is 25.8 Å². The van der Waals surface area contributed by atoms with E-state index < -0.39 is 11.8 Å². The minimum absolute atomic E-state index is 0.116. The van der Waals surface area contributed by atoms with E-state index in [2.05, 4.69) is 6.92 Å². The molecule has 4 nitrogen and oxygen atoms in total. The maximum atomic E-state index is 11.9. The summed E-state index contributed by atoms with van der Waals surface area (Å²) in [5.74, 6) is -1.14. The second kappa shape index (κ2) is 5.61. The quantitative estimate of drug-likeness (QED) is 0.801. The zero-order chi connectivity index (χ0) is 14.0. The number of carbonyl (C=O) groups excluding carboxylic acids is 2. The lowest BCUT2D eigenvalue weighted by molar-refractivity contribution is -0.147. The number of likely N-dealkylation sites (tertiary alicyclic amines) is 1. The van der Waals surface area contributed by atoms with Crippen molar-refractivity contribution in [3.63, 3.8) is 0 Å². The minimum Gasteiger partial charge on any atom is -0.361 e. The fraction of sp³-hybridized carbons (Fsp3) is 0.429. The topological polar surface area (TPSA) is 63.4 Å². The highest BCUT2D eigenvalue weighted by Crippen LogP contribution is 2.34. The highest BCUT2D eigenvalue weighted by Gasteiger charge is 2.33. The number of amides is 2. The maximum absolute atomic E-state index is 11.9. The second-order valence-electron chi connectivity index (χ2n) is 5.08. The largest absolute Gasteiger partial charge is 0.361 e. The summed E-state index contributed by atoms with van der Waals surface area (Å²) in [5.41, 5.74) is 6.08. The third-order valence-electron chi connectivity index (χ3n) is 3.52. The van der Waals surface area contributed by atoms with Gasteiger partial charge < -0.3 is 10.6 Å². The average Bonchev–Trinajstić information content (AvgIpc) is 2.37. The molecule has 1 unspecified atom stereocenters. The summed E-state index contributed by atoms with van der Waals surface area (Å²) in [7, 11) is 0. The summed E-state index contributed by atoms with van der Waals surface area (Å²) in [6.07, 6.45) is 1.83. The molecule has 19 heavy (non-hydrogen) atoms. The standard InChI is InChI=1S/C14H17ClN2O2/c1-9-5-6-12(10-3-2-4-11(15)7-10)17(8-9)14(19)13(16)18/h2-4,7,9,12H,5-6,8H2,1H3,(H2,16,18)/t9-,12?/m0/s1. The Balaban J connectivity index is 2.30. The van der Waals surface area contributed by atoms with Gasteiger partial charge in [-0.15, -0.1) is 0 Å². The van der Waals surface area contributed by atoms with Gasteiger partial charge in [0.2, 0.25) is 0 Å². The molecule has 0 radical (unpaired) electrons. The molecule has 1 aromatic carbocycles. The van der Waals surface area contributed by atoms with Crippen molar-refractivity contribution < 1.29 is 9.59 Å². The number of primary amides is 1. The second-order valence-corrected chi connectivity index (χ2v) is 5.51. The molecule has 102 valence electrons. The third kappa shape index (κ3) is 3.07. The monoisotopic (exact) mass is 280 g/mol. The van der Waals surface area contributed by atoms with Crippen LogP contribution >= 0.6 is 11.6 Å². The molecule has 1 aliphatic rings. The lowest BCUT2D eigenvalue weighted by Crippen LogP contribution is -2.46. The number of nitrogens with two attached hydrogens (primary N) is 1. The van der Waals surface area contributed by atoms with Gasteiger partial charge in [0, 0.05) is 11.6 Å². The Morgan fingerprint density at radius 1 is 1.37 bits per heavy atom. The van der Waals surface area contributed by atoms with Crippen LogP contribution in [0.5, 0.6) is 0 Å². The van der Waals surface area contributed by atoms with Crippen molar-refractivity contribution in [1.29, 1.82) is 0 Å². The normalized spacial score (nSPS) is 23.2. The van der Waals surface area contributed by atoms with Crippen molar-refractivity contribution in [1.82, 2.24) is 4.90 Å². The molecule has 1 heterocycles. The Labute approximate surface area is 117 Å². The van der Waals surface area contributed by atoms with E-state index in [0.717, 1.165) is 18.4 Å². The number of hydrogen-bond acceptors (Lipinski definition) is 2. The summed E-state index contributed by atoms with van der Waals surface area (Å²) in [6.45, 7) is 2.62.